The van der Waals surface area contributed by atoms with Gasteiger partial charge >= 0.3 is 0 Å². The summed E-state index contributed by atoms with van der Waals surface area (Å²) in [4.78, 5) is 12.7. The summed E-state index contributed by atoms with van der Waals surface area (Å²) in [5, 5.41) is 2.91. The van der Waals surface area contributed by atoms with E-state index in [0.717, 1.165) is 22.6 Å². The number of hydrogen-bond acceptors (Lipinski definition) is 3. The number of furan rings is 2. The van der Waals surface area contributed by atoms with Crippen LogP contribution in [0.15, 0.2) is 63.6 Å². The van der Waals surface area contributed by atoms with Gasteiger partial charge in [-0.2, -0.15) is 0 Å². The number of aryl methyl sites for hydroxylation is 1. The number of carbonyl (C=O) groups excluding carboxylic acids is 1. The molecular formula is C21H19FN2O3. The van der Waals surface area contributed by atoms with Gasteiger partial charge in [0.25, 0.3) is 5.91 Å². The van der Waals surface area contributed by atoms with E-state index in [2.05, 4.69) is 5.32 Å². The van der Waals surface area contributed by atoms with Crippen molar-refractivity contribution < 1.29 is 18.0 Å². The molecule has 0 aliphatic carbocycles. The first kappa shape index (κ1) is 17.1. The Morgan fingerprint density at radius 3 is 2.85 bits per heavy atom. The highest BCUT2D eigenvalue weighted by atomic mass is 19.1. The topological polar surface area (TPSA) is 60.3 Å². The van der Waals surface area contributed by atoms with Gasteiger partial charge in [0.15, 0.2) is 5.58 Å². The zero-order valence-electron chi connectivity index (χ0n) is 14.9. The molecule has 0 saturated heterocycles. The highest BCUT2D eigenvalue weighted by molar-refractivity contribution is 5.97. The molecule has 1 amide bonds. The van der Waals surface area contributed by atoms with Gasteiger partial charge in [-0.05, 0) is 36.8 Å². The van der Waals surface area contributed by atoms with Crippen LogP contribution in [0.2, 0.25) is 0 Å². The van der Waals surface area contributed by atoms with E-state index in [1.165, 1.54) is 12.1 Å². The number of hydrogen-bond donors (Lipinski definition) is 1. The fraction of sp³-hybridized carbons (Fsp3) is 0.190. The predicted molar refractivity (Wildman–Crippen MR) is 99.2 cm³/mol. The normalized spacial score (nSPS) is 11.2. The fourth-order valence-corrected chi connectivity index (χ4v) is 3.16. The molecule has 0 fully saturated rings. The molecule has 0 atom stereocenters. The lowest BCUT2D eigenvalue weighted by molar-refractivity contribution is 0.0945. The lowest BCUT2D eigenvalue weighted by Gasteiger charge is -2.10. The maximum absolute atomic E-state index is 13.5. The Balaban J connectivity index is 1.53. The molecule has 3 heterocycles. The van der Waals surface area contributed by atoms with Gasteiger partial charge in [-0.25, -0.2) is 4.39 Å². The number of carbonyl (C=O) groups is 1. The number of aromatic nitrogens is 1. The van der Waals surface area contributed by atoms with Crippen LogP contribution in [-0.4, -0.2) is 17.0 Å². The molecule has 0 aliphatic rings. The van der Waals surface area contributed by atoms with E-state index in [1.54, 1.807) is 24.5 Å². The second kappa shape index (κ2) is 7.15. The molecule has 1 N–H and O–H groups in total. The predicted octanol–water partition coefficient (Wildman–Crippen LogP) is 4.30. The van der Waals surface area contributed by atoms with Crippen molar-refractivity contribution in [2.45, 2.75) is 19.9 Å². The first-order valence-electron chi connectivity index (χ1n) is 8.75. The van der Waals surface area contributed by atoms with Gasteiger partial charge in [-0.15, -0.1) is 0 Å². The molecule has 0 bridgehead atoms. The monoisotopic (exact) mass is 366 g/mol. The minimum absolute atomic E-state index is 0.207. The van der Waals surface area contributed by atoms with Crippen LogP contribution in [0.5, 0.6) is 0 Å². The Morgan fingerprint density at radius 1 is 1.19 bits per heavy atom. The van der Waals surface area contributed by atoms with Crippen LogP contribution in [0.3, 0.4) is 0 Å². The second-order valence-corrected chi connectivity index (χ2v) is 6.43. The molecule has 6 heteroatoms. The van der Waals surface area contributed by atoms with Gasteiger partial charge < -0.3 is 18.7 Å². The van der Waals surface area contributed by atoms with Gasteiger partial charge in [0.1, 0.15) is 23.0 Å². The average molecular weight is 366 g/mol. The van der Waals surface area contributed by atoms with E-state index >= 15 is 0 Å². The molecule has 4 rings (SSSR count). The lowest BCUT2D eigenvalue weighted by atomic mass is 10.2. The summed E-state index contributed by atoms with van der Waals surface area (Å²) >= 11 is 0. The van der Waals surface area contributed by atoms with E-state index in [1.807, 2.05) is 29.7 Å². The third-order valence-electron chi connectivity index (χ3n) is 4.44. The number of fused-ring (bicyclic) bond motifs is 1. The Hall–Kier alpha value is -3.28. The van der Waals surface area contributed by atoms with E-state index < -0.39 is 0 Å². The Morgan fingerprint density at radius 2 is 2.07 bits per heavy atom. The van der Waals surface area contributed by atoms with Crippen LogP contribution < -0.4 is 5.32 Å². The van der Waals surface area contributed by atoms with E-state index in [0.29, 0.717) is 30.8 Å². The minimum atomic E-state index is -0.303. The highest BCUT2D eigenvalue weighted by Crippen LogP contribution is 2.23. The van der Waals surface area contributed by atoms with Gasteiger partial charge in [-0.3, -0.25) is 4.79 Å². The zero-order valence-corrected chi connectivity index (χ0v) is 14.9. The number of amides is 1. The van der Waals surface area contributed by atoms with Crippen molar-refractivity contribution in [3.05, 3.63) is 83.4 Å². The van der Waals surface area contributed by atoms with Crippen LogP contribution >= 0.6 is 0 Å². The molecule has 5 nitrogen and oxygen atoms in total. The molecule has 0 saturated carbocycles. The fourth-order valence-electron chi connectivity index (χ4n) is 3.16. The van der Waals surface area contributed by atoms with Crippen LogP contribution in [0.1, 0.15) is 27.6 Å². The van der Waals surface area contributed by atoms with Gasteiger partial charge in [0, 0.05) is 31.6 Å². The molecule has 0 spiro atoms. The molecule has 0 aliphatic heterocycles. The van der Waals surface area contributed by atoms with E-state index in [-0.39, 0.29) is 11.7 Å². The molecule has 1 aromatic carbocycles. The standard InChI is InChI=1S/C21H19FN2O3/c1-14-5-6-17(27-14)7-9-23-21(25)19-12-20-18(8-10-26-20)24(19)13-15-3-2-4-16(22)11-15/h2-6,8,10-12H,7,9,13H2,1H3,(H,23,25). The largest absolute Gasteiger partial charge is 0.466 e. The van der Waals surface area contributed by atoms with Gasteiger partial charge in [0.2, 0.25) is 0 Å². The summed E-state index contributed by atoms with van der Waals surface area (Å²) in [6.07, 6.45) is 2.19. The van der Waals surface area contributed by atoms with Crippen molar-refractivity contribution in [3.63, 3.8) is 0 Å². The van der Waals surface area contributed by atoms with Crippen molar-refractivity contribution in [2.75, 3.05) is 6.54 Å². The molecule has 3 aromatic heterocycles. The quantitative estimate of drug-likeness (QED) is 0.554. The van der Waals surface area contributed by atoms with Crippen LogP contribution in [0.25, 0.3) is 11.1 Å². The second-order valence-electron chi connectivity index (χ2n) is 6.43. The van der Waals surface area contributed by atoms with E-state index in [9.17, 15) is 9.18 Å². The Kier molecular flexibility index (Phi) is 4.54. The van der Waals surface area contributed by atoms with Crippen LogP contribution in [0.4, 0.5) is 4.39 Å². The van der Waals surface area contributed by atoms with Crippen molar-refractivity contribution in [1.29, 1.82) is 0 Å². The minimum Gasteiger partial charge on any atom is -0.466 e. The first-order valence-corrected chi connectivity index (χ1v) is 8.75. The van der Waals surface area contributed by atoms with Crippen LogP contribution in [0, 0.1) is 12.7 Å². The molecule has 138 valence electrons. The maximum Gasteiger partial charge on any atom is 0.268 e. The smallest absolute Gasteiger partial charge is 0.268 e. The summed E-state index contributed by atoms with van der Waals surface area (Å²) in [5.74, 6) is 1.17. The summed E-state index contributed by atoms with van der Waals surface area (Å²) in [6.45, 7) is 2.72. The van der Waals surface area contributed by atoms with Crippen molar-refractivity contribution >= 4 is 17.0 Å². The molecule has 0 unspecified atom stereocenters. The molecule has 0 radical (unpaired) electrons. The average Bonchev–Trinajstić information content (AvgIpc) is 3.33. The van der Waals surface area contributed by atoms with Crippen molar-refractivity contribution in [2.24, 2.45) is 0 Å². The van der Waals surface area contributed by atoms with Crippen molar-refractivity contribution in [3.8, 4) is 0 Å². The maximum atomic E-state index is 13.5. The molecule has 27 heavy (non-hydrogen) atoms. The lowest BCUT2D eigenvalue weighted by Crippen LogP contribution is -2.28. The number of benzene rings is 1. The van der Waals surface area contributed by atoms with Gasteiger partial charge in [-0.1, -0.05) is 12.1 Å². The highest BCUT2D eigenvalue weighted by Gasteiger charge is 2.17. The summed E-state index contributed by atoms with van der Waals surface area (Å²) in [5.41, 5.74) is 2.67. The first-order chi connectivity index (χ1) is 13.1. The summed E-state index contributed by atoms with van der Waals surface area (Å²) in [7, 11) is 0. The SMILES string of the molecule is Cc1ccc(CCNC(=O)c2cc3occc3n2Cc2cccc(F)c2)o1. The third-order valence-corrected chi connectivity index (χ3v) is 4.44. The van der Waals surface area contributed by atoms with Gasteiger partial charge in [0.05, 0.1) is 11.8 Å². The number of halogens is 1. The van der Waals surface area contributed by atoms with E-state index in [4.69, 9.17) is 8.83 Å². The number of nitrogens with one attached hydrogen (secondary N) is 1. The number of nitrogens with zero attached hydrogens (tertiary/aromatic N) is 1. The number of rotatable bonds is 6. The Bertz CT molecular complexity index is 1090. The van der Waals surface area contributed by atoms with Crippen molar-refractivity contribution in [1.82, 2.24) is 9.88 Å². The van der Waals surface area contributed by atoms with Crippen LogP contribution in [-0.2, 0) is 13.0 Å². The summed E-state index contributed by atoms with van der Waals surface area (Å²) in [6, 6.07) is 13.7. The molecule has 4 aromatic rings. The summed E-state index contributed by atoms with van der Waals surface area (Å²) < 4.78 is 26.3. The Labute approximate surface area is 155 Å². The third kappa shape index (κ3) is 3.65. The molecular weight excluding hydrogens is 347 g/mol. The zero-order chi connectivity index (χ0) is 18.8.